The number of anilines is 1. The van der Waals surface area contributed by atoms with Crippen molar-refractivity contribution in [1.29, 1.82) is 0 Å². The maximum Gasteiger partial charge on any atom is 0.244 e. The van der Waals surface area contributed by atoms with Crippen LogP contribution in [0.2, 0.25) is 0 Å². The van der Waals surface area contributed by atoms with Crippen LogP contribution in [0.1, 0.15) is 25.7 Å². The average molecular weight is 412 g/mol. The number of hydrogen-bond acceptors (Lipinski definition) is 3. The number of halogens is 1. The van der Waals surface area contributed by atoms with Gasteiger partial charge >= 0.3 is 0 Å². The Bertz CT molecular complexity index is 608. The summed E-state index contributed by atoms with van der Waals surface area (Å²) in [5.74, 6) is -1.08. The molecule has 1 aromatic carbocycles. The molecule has 0 aromatic heterocycles. The summed E-state index contributed by atoms with van der Waals surface area (Å²) < 4.78 is 0.918. The van der Waals surface area contributed by atoms with Gasteiger partial charge in [0.05, 0.1) is 17.5 Å². The molecule has 1 saturated heterocycles. The average Bonchev–Trinajstić information content (AvgIpc) is 2.75. The van der Waals surface area contributed by atoms with Gasteiger partial charge in [0.2, 0.25) is 17.7 Å². The fourth-order valence-electron chi connectivity index (χ4n) is 3.28. The molecule has 2 unspecified atom stereocenters. The summed E-state index contributed by atoms with van der Waals surface area (Å²) >= 11 is 2.13. The number of fused-ring (bicyclic) bond motifs is 1. The lowest BCUT2D eigenvalue weighted by molar-refractivity contribution is -0.142. The number of amides is 3. The molecule has 1 aromatic rings. The van der Waals surface area contributed by atoms with Gasteiger partial charge in [0, 0.05) is 3.57 Å². The van der Waals surface area contributed by atoms with Gasteiger partial charge in [0.25, 0.3) is 0 Å². The van der Waals surface area contributed by atoms with Crippen LogP contribution in [0.3, 0.4) is 0 Å². The zero-order chi connectivity index (χ0) is 15.7. The minimum atomic E-state index is -0.329. The van der Waals surface area contributed by atoms with Crippen molar-refractivity contribution >= 4 is 46.0 Å². The van der Waals surface area contributed by atoms with Gasteiger partial charge in [-0.3, -0.25) is 19.3 Å². The fourth-order valence-corrected chi connectivity index (χ4v) is 3.80. The van der Waals surface area contributed by atoms with Crippen LogP contribution >= 0.6 is 22.6 Å². The van der Waals surface area contributed by atoms with Crippen molar-refractivity contribution in [3.63, 3.8) is 0 Å². The number of para-hydroxylation sites is 1. The molecule has 1 aliphatic carbocycles. The number of hydrogen-bond donors (Lipinski definition) is 1. The lowest BCUT2D eigenvalue weighted by Crippen LogP contribution is -2.38. The van der Waals surface area contributed by atoms with E-state index in [0.29, 0.717) is 5.69 Å². The van der Waals surface area contributed by atoms with E-state index in [1.165, 1.54) is 0 Å². The van der Waals surface area contributed by atoms with Crippen LogP contribution in [-0.4, -0.2) is 29.2 Å². The second-order valence-corrected chi connectivity index (χ2v) is 6.95. The van der Waals surface area contributed by atoms with E-state index in [2.05, 4.69) is 27.9 Å². The van der Waals surface area contributed by atoms with Crippen molar-refractivity contribution < 1.29 is 14.4 Å². The summed E-state index contributed by atoms with van der Waals surface area (Å²) in [5.41, 5.74) is 0.699. The van der Waals surface area contributed by atoms with Crippen LogP contribution in [0.4, 0.5) is 5.69 Å². The van der Waals surface area contributed by atoms with Crippen molar-refractivity contribution in [3.05, 3.63) is 27.8 Å². The minimum absolute atomic E-state index is 0.174. The first-order valence-corrected chi connectivity index (χ1v) is 8.55. The molecule has 1 aliphatic heterocycles. The highest BCUT2D eigenvalue weighted by Crippen LogP contribution is 2.37. The molecule has 1 heterocycles. The molecule has 0 bridgehead atoms. The number of likely N-dealkylation sites (tertiary alicyclic amines) is 1. The van der Waals surface area contributed by atoms with Gasteiger partial charge < -0.3 is 5.32 Å². The molecular formula is C16H17IN2O3. The Morgan fingerprint density at radius 3 is 2.32 bits per heavy atom. The van der Waals surface area contributed by atoms with Gasteiger partial charge in [-0.05, 0) is 47.6 Å². The number of benzene rings is 1. The number of imide groups is 1. The maximum atomic E-state index is 12.3. The molecule has 3 rings (SSSR count). The Morgan fingerprint density at radius 1 is 1.14 bits per heavy atom. The van der Waals surface area contributed by atoms with Crippen LogP contribution in [-0.2, 0) is 14.4 Å². The first kappa shape index (κ1) is 15.5. The Kier molecular flexibility index (Phi) is 4.46. The number of carbonyl (C=O) groups excluding carboxylic acids is 3. The Morgan fingerprint density at radius 2 is 1.73 bits per heavy atom. The highest BCUT2D eigenvalue weighted by molar-refractivity contribution is 14.1. The molecule has 2 atom stereocenters. The molecule has 1 saturated carbocycles. The summed E-state index contributed by atoms with van der Waals surface area (Å²) in [4.78, 5) is 38.0. The predicted octanol–water partition coefficient (Wildman–Crippen LogP) is 2.40. The Balaban J connectivity index is 1.68. The van der Waals surface area contributed by atoms with E-state index in [1.54, 1.807) is 6.07 Å². The van der Waals surface area contributed by atoms with E-state index < -0.39 is 0 Å². The Hall–Kier alpha value is -1.44. The number of nitrogens with zero attached hydrogens (tertiary/aromatic N) is 1. The third-order valence-corrected chi connectivity index (χ3v) is 5.32. The topological polar surface area (TPSA) is 66.5 Å². The number of nitrogens with one attached hydrogen (secondary N) is 1. The highest BCUT2D eigenvalue weighted by Gasteiger charge is 2.48. The third-order valence-electron chi connectivity index (χ3n) is 4.38. The summed E-state index contributed by atoms with van der Waals surface area (Å²) in [6, 6.07) is 7.40. The SMILES string of the molecule is O=C(CN1C(=O)C2CCCCC2C1=O)Nc1ccccc1I. The van der Waals surface area contributed by atoms with Crippen molar-refractivity contribution in [3.8, 4) is 0 Å². The van der Waals surface area contributed by atoms with Crippen LogP contribution in [0.5, 0.6) is 0 Å². The van der Waals surface area contributed by atoms with Crippen LogP contribution in [0.15, 0.2) is 24.3 Å². The van der Waals surface area contributed by atoms with Crippen molar-refractivity contribution in [1.82, 2.24) is 4.90 Å². The smallest absolute Gasteiger partial charge is 0.244 e. The molecule has 22 heavy (non-hydrogen) atoms. The summed E-state index contributed by atoms with van der Waals surface area (Å²) in [6.07, 6.45) is 3.51. The lowest BCUT2D eigenvalue weighted by atomic mass is 9.81. The fraction of sp³-hybridized carbons (Fsp3) is 0.438. The zero-order valence-corrected chi connectivity index (χ0v) is 14.2. The first-order chi connectivity index (χ1) is 10.6. The molecule has 3 amide bonds. The maximum absolute atomic E-state index is 12.3. The molecule has 6 heteroatoms. The molecule has 5 nitrogen and oxygen atoms in total. The van der Waals surface area contributed by atoms with E-state index in [0.717, 1.165) is 34.2 Å². The van der Waals surface area contributed by atoms with Gasteiger partial charge in [-0.15, -0.1) is 0 Å². The zero-order valence-electron chi connectivity index (χ0n) is 12.0. The van der Waals surface area contributed by atoms with Gasteiger partial charge in [-0.25, -0.2) is 0 Å². The van der Waals surface area contributed by atoms with E-state index in [4.69, 9.17) is 0 Å². The quantitative estimate of drug-likeness (QED) is 0.613. The second kappa shape index (κ2) is 6.36. The number of carbonyl (C=O) groups is 3. The molecule has 2 aliphatic rings. The highest BCUT2D eigenvalue weighted by atomic mass is 127. The van der Waals surface area contributed by atoms with Crippen LogP contribution in [0.25, 0.3) is 0 Å². The van der Waals surface area contributed by atoms with Gasteiger partial charge in [0.15, 0.2) is 0 Å². The van der Waals surface area contributed by atoms with Crippen molar-refractivity contribution in [2.24, 2.45) is 11.8 Å². The standard InChI is InChI=1S/C16H17IN2O3/c17-12-7-3-4-8-13(12)18-14(20)9-19-15(21)10-5-1-2-6-11(10)16(19)22/h3-4,7-8,10-11H,1-2,5-6,9H2,(H,18,20). The monoisotopic (exact) mass is 412 g/mol. The van der Waals surface area contributed by atoms with Crippen LogP contribution < -0.4 is 5.32 Å². The summed E-state index contributed by atoms with van der Waals surface area (Å²) in [7, 11) is 0. The predicted molar refractivity (Wildman–Crippen MR) is 90.0 cm³/mol. The summed E-state index contributed by atoms with van der Waals surface area (Å²) in [6.45, 7) is -0.185. The largest absolute Gasteiger partial charge is 0.324 e. The second-order valence-electron chi connectivity index (χ2n) is 5.79. The minimum Gasteiger partial charge on any atom is -0.324 e. The third kappa shape index (κ3) is 2.88. The molecule has 0 radical (unpaired) electrons. The van der Waals surface area contributed by atoms with Gasteiger partial charge in [-0.2, -0.15) is 0 Å². The van der Waals surface area contributed by atoms with Gasteiger partial charge in [0.1, 0.15) is 6.54 Å². The molecule has 1 N–H and O–H groups in total. The molecular weight excluding hydrogens is 395 g/mol. The van der Waals surface area contributed by atoms with Gasteiger partial charge in [-0.1, -0.05) is 25.0 Å². The molecule has 116 valence electrons. The number of rotatable bonds is 3. The summed E-state index contributed by atoms with van der Waals surface area (Å²) in [5, 5.41) is 2.77. The lowest BCUT2D eigenvalue weighted by Gasteiger charge is -2.19. The van der Waals surface area contributed by atoms with Crippen molar-refractivity contribution in [2.75, 3.05) is 11.9 Å². The first-order valence-electron chi connectivity index (χ1n) is 7.47. The van der Waals surface area contributed by atoms with Crippen molar-refractivity contribution in [2.45, 2.75) is 25.7 Å². The van der Waals surface area contributed by atoms with Crippen LogP contribution in [0, 0.1) is 15.4 Å². The normalized spacial score (nSPS) is 24.3. The van der Waals surface area contributed by atoms with E-state index in [1.807, 2.05) is 18.2 Å². The van der Waals surface area contributed by atoms with E-state index >= 15 is 0 Å². The molecule has 2 fully saturated rings. The molecule has 0 spiro atoms. The Labute approximate surface area is 142 Å². The van der Waals surface area contributed by atoms with E-state index in [9.17, 15) is 14.4 Å². The van der Waals surface area contributed by atoms with E-state index in [-0.39, 0.29) is 36.1 Å².